The number of carbonyl (C=O) groups is 1. The lowest BCUT2D eigenvalue weighted by molar-refractivity contribution is 0.137. The smallest absolute Gasteiger partial charge is 0.407 e. The Labute approximate surface area is 98.6 Å². The van der Waals surface area contributed by atoms with Gasteiger partial charge in [0.25, 0.3) is 0 Å². The number of rotatable bonds is 3. The molecule has 2 rings (SSSR count). The lowest BCUT2D eigenvalue weighted by atomic mass is 10.3. The maximum Gasteiger partial charge on any atom is 0.407 e. The lowest BCUT2D eigenvalue weighted by Crippen LogP contribution is -2.24. The maximum absolute atomic E-state index is 11.2. The van der Waals surface area contributed by atoms with E-state index >= 15 is 0 Å². The second kappa shape index (κ2) is 4.78. The zero-order chi connectivity index (χ0) is 11.5. The van der Waals surface area contributed by atoms with Gasteiger partial charge >= 0.3 is 6.09 Å². The Hall–Kier alpha value is -1.17. The number of hydrogen-bond donors (Lipinski definition) is 1. The summed E-state index contributed by atoms with van der Waals surface area (Å²) in [5.41, 5.74) is 1.96. The van der Waals surface area contributed by atoms with Gasteiger partial charge in [-0.2, -0.15) is 0 Å². The molecule has 0 saturated carbocycles. The van der Waals surface area contributed by atoms with Crippen LogP contribution in [0.1, 0.15) is 18.3 Å². The Bertz CT molecular complexity index is 403. The first-order chi connectivity index (χ1) is 7.72. The molecule has 1 N–H and O–H groups in total. The molecule has 0 radical (unpaired) electrons. The Morgan fingerprint density at radius 1 is 1.69 bits per heavy atom. The highest BCUT2D eigenvalue weighted by Crippen LogP contribution is 2.28. The molecular formula is C10H15N3O2S. The van der Waals surface area contributed by atoms with Crippen LogP contribution in [0.4, 0.5) is 4.79 Å². The first-order valence-corrected chi connectivity index (χ1v) is 6.30. The summed E-state index contributed by atoms with van der Waals surface area (Å²) in [5.74, 6) is 1.05. The summed E-state index contributed by atoms with van der Waals surface area (Å²) in [7, 11) is 0. The number of thioether (sulfide) groups is 1. The van der Waals surface area contributed by atoms with Crippen molar-refractivity contribution in [1.29, 1.82) is 0 Å². The highest BCUT2D eigenvalue weighted by atomic mass is 32.2. The number of carbonyl (C=O) groups excluding carboxylic acids is 1. The summed E-state index contributed by atoms with van der Waals surface area (Å²) < 4.78 is 7.24. The van der Waals surface area contributed by atoms with Crippen molar-refractivity contribution in [3.05, 3.63) is 11.4 Å². The first-order valence-electron chi connectivity index (χ1n) is 5.31. The van der Waals surface area contributed by atoms with Crippen LogP contribution in [0.2, 0.25) is 0 Å². The van der Waals surface area contributed by atoms with Crippen molar-refractivity contribution in [3.63, 3.8) is 0 Å². The van der Waals surface area contributed by atoms with E-state index in [1.54, 1.807) is 11.8 Å². The molecule has 0 saturated heterocycles. The standard InChI is InChI=1S/C10H15N3O2S/c1-3-11-10(14)15-6-8-7(2)12-9-13(8)4-5-16-9/h3-6H2,1-2H3,(H,11,14). The van der Waals surface area contributed by atoms with Gasteiger partial charge < -0.3 is 14.6 Å². The van der Waals surface area contributed by atoms with Crippen molar-refractivity contribution in [1.82, 2.24) is 14.9 Å². The average Bonchev–Trinajstić information content (AvgIpc) is 2.76. The number of alkyl carbamates (subject to hydrolysis) is 1. The van der Waals surface area contributed by atoms with E-state index in [1.165, 1.54) is 0 Å². The van der Waals surface area contributed by atoms with Gasteiger partial charge in [0.05, 0.1) is 11.4 Å². The molecule has 0 fully saturated rings. The summed E-state index contributed by atoms with van der Waals surface area (Å²) in [5, 5.41) is 3.63. The van der Waals surface area contributed by atoms with Crippen LogP contribution >= 0.6 is 11.8 Å². The number of amides is 1. The van der Waals surface area contributed by atoms with Crippen molar-refractivity contribution in [2.45, 2.75) is 32.2 Å². The Balaban J connectivity index is 2.02. The fourth-order valence-electron chi connectivity index (χ4n) is 1.66. The SMILES string of the molecule is CCNC(=O)OCc1c(C)nc2n1CCS2. The minimum Gasteiger partial charge on any atom is -0.443 e. The van der Waals surface area contributed by atoms with E-state index in [9.17, 15) is 4.79 Å². The molecule has 0 aliphatic carbocycles. The van der Waals surface area contributed by atoms with Gasteiger partial charge in [-0.25, -0.2) is 9.78 Å². The minimum atomic E-state index is -0.372. The van der Waals surface area contributed by atoms with Crippen LogP contribution in [0.25, 0.3) is 0 Å². The number of imidazole rings is 1. The van der Waals surface area contributed by atoms with E-state index in [1.807, 2.05) is 13.8 Å². The molecule has 16 heavy (non-hydrogen) atoms. The average molecular weight is 241 g/mol. The molecule has 0 unspecified atom stereocenters. The van der Waals surface area contributed by atoms with Crippen LogP contribution in [0.5, 0.6) is 0 Å². The quantitative estimate of drug-likeness (QED) is 0.872. The highest BCUT2D eigenvalue weighted by molar-refractivity contribution is 7.99. The molecule has 0 bridgehead atoms. The Kier molecular flexibility index (Phi) is 3.38. The molecular weight excluding hydrogens is 226 g/mol. The van der Waals surface area contributed by atoms with Crippen molar-refractivity contribution < 1.29 is 9.53 Å². The maximum atomic E-state index is 11.2. The lowest BCUT2D eigenvalue weighted by Gasteiger charge is -2.07. The van der Waals surface area contributed by atoms with Crippen LogP contribution < -0.4 is 5.32 Å². The van der Waals surface area contributed by atoms with E-state index in [0.29, 0.717) is 13.2 Å². The Morgan fingerprint density at radius 2 is 2.50 bits per heavy atom. The molecule has 1 amide bonds. The molecule has 1 aromatic rings. The monoisotopic (exact) mass is 241 g/mol. The van der Waals surface area contributed by atoms with Crippen molar-refractivity contribution >= 4 is 17.9 Å². The van der Waals surface area contributed by atoms with Crippen LogP contribution in [0.15, 0.2) is 5.16 Å². The van der Waals surface area contributed by atoms with Crippen LogP contribution in [-0.2, 0) is 17.9 Å². The predicted octanol–water partition coefficient (Wildman–Crippen LogP) is 1.54. The van der Waals surface area contributed by atoms with Gasteiger partial charge in [0.15, 0.2) is 5.16 Å². The largest absolute Gasteiger partial charge is 0.443 e. The second-order valence-corrected chi connectivity index (χ2v) is 4.60. The van der Waals surface area contributed by atoms with Gasteiger partial charge in [-0.3, -0.25) is 0 Å². The topological polar surface area (TPSA) is 56.1 Å². The number of nitrogens with zero attached hydrogens (tertiary/aromatic N) is 2. The van der Waals surface area contributed by atoms with E-state index in [0.717, 1.165) is 28.8 Å². The van der Waals surface area contributed by atoms with Gasteiger partial charge in [0.2, 0.25) is 0 Å². The van der Waals surface area contributed by atoms with Crippen molar-refractivity contribution in [2.24, 2.45) is 0 Å². The summed E-state index contributed by atoms with van der Waals surface area (Å²) >= 11 is 1.74. The van der Waals surface area contributed by atoms with Gasteiger partial charge in [-0.05, 0) is 13.8 Å². The molecule has 6 heteroatoms. The van der Waals surface area contributed by atoms with Gasteiger partial charge in [0.1, 0.15) is 6.61 Å². The number of nitrogens with one attached hydrogen (secondary N) is 1. The third-order valence-corrected chi connectivity index (χ3v) is 3.40. The second-order valence-electron chi connectivity index (χ2n) is 3.53. The van der Waals surface area contributed by atoms with Crippen molar-refractivity contribution in [3.8, 4) is 0 Å². The normalized spacial score (nSPS) is 13.6. The molecule has 1 aliphatic rings. The molecule has 2 heterocycles. The molecule has 0 atom stereocenters. The fraction of sp³-hybridized carbons (Fsp3) is 0.600. The van der Waals surface area contributed by atoms with E-state index in [-0.39, 0.29) is 6.09 Å². The molecule has 5 nitrogen and oxygen atoms in total. The summed E-state index contributed by atoms with van der Waals surface area (Å²) in [6.07, 6.45) is -0.372. The number of hydrogen-bond acceptors (Lipinski definition) is 4. The molecule has 0 aromatic carbocycles. The van der Waals surface area contributed by atoms with Gasteiger partial charge in [-0.1, -0.05) is 11.8 Å². The number of aryl methyl sites for hydroxylation is 1. The minimum absolute atomic E-state index is 0.297. The molecule has 1 aliphatic heterocycles. The zero-order valence-electron chi connectivity index (χ0n) is 9.45. The van der Waals surface area contributed by atoms with E-state index in [4.69, 9.17) is 4.74 Å². The van der Waals surface area contributed by atoms with E-state index in [2.05, 4.69) is 14.9 Å². The van der Waals surface area contributed by atoms with Gasteiger partial charge in [0, 0.05) is 18.8 Å². The Morgan fingerprint density at radius 3 is 3.25 bits per heavy atom. The van der Waals surface area contributed by atoms with Crippen LogP contribution in [-0.4, -0.2) is 27.9 Å². The van der Waals surface area contributed by atoms with Gasteiger partial charge in [-0.15, -0.1) is 0 Å². The third kappa shape index (κ3) is 2.16. The highest BCUT2D eigenvalue weighted by Gasteiger charge is 2.20. The fourth-order valence-corrected chi connectivity index (χ4v) is 2.67. The summed E-state index contributed by atoms with van der Waals surface area (Å²) in [4.78, 5) is 15.6. The summed E-state index contributed by atoms with van der Waals surface area (Å²) in [6.45, 7) is 5.64. The molecule has 0 spiro atoms. The number of aromatic nitrogens is 2. The van der Waals surface area contributed by atoms with Crippen molar-refractivity contribution in [2.75, 3.05) is 12.3 Å². The predicted molar refractivity (Wildman–Crippen MR) is 61.5 cm³/mol. The van der Waals surface area contributed by atoms with E-state index < -0.39 is 0 Å². The number of fused-ring (bicyclic) bond motifs is 1. The molecule has 1 aromatic heterocycles. The zero-order valence-corrected chi connectivity index (χ0v) is 10.3. The third-order valence-electron chi connectivity index (χ3n) is 2.44. The number of ether oxygens (including phenoxy) is 1. The summed E-state index contributed by atoms with van der Waals surface area (Å²) in [6, 6.07) is 0. The molecule has 88 valence electrons. The van der Waals surface area contributed by atoms with Crippen LogP contribution in [0.3, 0.4) is 0 Å². The first kappa shape index (κ1) is 11.3. The van der Waals surface area contributed by atoms with Crippen LogP contribution in [0, 0.1) is 6.92 Å².